The van der Waals surface area contributed by atoms with Gasteiger partial charge in [0.25, 0.3) is 0 Å². The number of sulfone groups is 1. The summed E-state index contributed by atoms with van der Waals surface area (Å²) in [6, 6.07) is 12.3. The summed E-state index contributed by atoms with van der Waals surface area (Å²) in [5.74, 6) is 0.219. The van der Waals surface area contributed by atoms with E-state index in [-0.39, 0.29) is 11.5 Å². The molecule has 0 amide bonds. The van der Waals surface area contributed by atoms with Crippen LogP contribution in [0.25, 0.3) is 0 Å². The summed E-state index contributed by atoms with van der Waals surface area (Å²) >= 11 is 0. The average molecular weight is 263 g/mol. The highest BCUT2D eigenvalue weighted by Gasteiger charge is 2.41. The minimum atomic E-state index is -2.98. The van der Waals surface area contributed by atoms with Gasteiger partial charge in [-0.25, -0.2) is 8.42 Å². The van der Waals surface area contributed by atoms with Crippen LogP contribution < -0.4 is 0 Å². The lowest BCUT2D eigenvalue weighted by atomic mass is 9.83. The lowest BCUT2D eigenvalue weighted by molar-refractivity contribution is 0.402. The number of hydrogen-bond donors (Lipinski definition) is 0. The fourth-order valence-corrected chi connectivity index (χ4v) is 4.57. The van der Waals surface area contributed by atoms with Crippen molar-refractivity contribution >= 4 is 9.84 Å². The molecule has 0 saturated carbocycles. The molecule has 1 aliphatic heterocycles. The van der Waals surface area contributed by atoms with Crippen LogP contribution in [0.2, 0.25) is 0 Å². The Morgan fingerprint density at radius 3 is 2.56 bits per heavy atom. The molecule has 0 N–H and O–H groups in total. The average Bonchev–Trinajstić information content (AvgIpc) is 2.67. The topological polar surface area (TPSA) is 57.9 Å². The van der Waals surface area contributed by atoms with Gasteiger partial charge < -0.3 is 0 Å². The van der Waals surface area contributed by atoms with Crippen molar-refractivity contribution < 1.29 is 8.42 Å². The Bertz CT molecular complexity index is 545. The molecule has 2 rings (SSSR count). The van der Waals surface area contributed by atoms with E-state index >= 15 is 0 Å². The number of nitrogens with zero attached hydrogens (tertiary/aromatic N) is 1. The normalized spacial score (nSPS) is 25.7. The fraction of sp³-hybridized carbons (Fsp3) is 0.500. The van der Waals surface area contributed by atoms with Crippen LogP contribution in [0.5, 0.6) is 0 Å². The number of nitriles is 1. The van der Waals surface area contributed by atoms with E-state index in [1.54, 1.807) is 0 Å². The SMILES string of the molecule is N#CC1(CCCc2ccccc2)CCS(=O)(=O)C1. The summed E-state index contributed by atoms with van der Waals surface area (Å²) in [7, 11) is -2.98. The molecule has 0 spiro atoms. The highest BCUT2D eigenvalue weighted by atomic mass is 32.2. The van der Waals surface area contributed by atoms with Crippen molar-refractivity contribution in [3.05, 3.63) is 35.9 Å². The fourth-order valence-electron chi connectivity index (χ4n) is 2.53. The number of benzene rings is 1. The van der Waals surface area contributed by atoms with E-state index in [4.69, 9.17) is 0 Å². The van der Waals surface area contributed by atoms with Crippen molar-refractivity contribution in [2.75, 3.05) is 11.5 Å². The Morgan fingerprint density at radius 1 is 1.28 bits per heavy atom. The lowest BCUT2D eigenvalue weighted by Gasteiger charge is -2.18. The van der Waals surface area contributed by atoms with Gasteiger partial charge in [0, 0.05) is 0 Å². The molecule has 1 fully saturated rings. The molecule has 1 atom stereocenters. The maximum atomic E-state index is 11.5. The zero-order valence-corrected chi connectivity index (χ0v) is 11.1. The number of aryl methyl sites for hydroxylation is 1. The Balaban J connectivity index is 1.92. The van der Waals surface area contributed by atoms with E-state index < -0.39 is 15.3 Å². The van der Waals surface area contributed by atoms with E-state index in [1.807, 2.05) is 18.2 Å². The van der Waals surface area contributed by atoms with E-state index in [1.165, 1.54) is 5.56 Å². The highest BCUT2D eigenvalue weighted by molar-refractivity contribution is 7.91. The molecule has 1 heterocycles. The molecule has 3 nitrogen and oxygen atoms in total. The van der Waals surface area contributed by atoms with E-state index in [0.29, 0.717) is 12.8 Å². The third kappa shape index (κ3) is 3.11. The molecule has 1 aromatic rings. The van der Waals surface area contributed by atoms with Crippen molar-refractivity contribution in [3.8, 4) is 6.07 Å². The van der Waals surface area contributed by atoms with Gasteiger partial charge in [-0.15, -0.1) is 0 Å². The van der Waals surface area contributed by atoms with Crippen LogP contribution in [0, 0.1) is 16.7 Å². The molecule has 4 heteroatoms. The Hall–Kier alpha value is -1.34. The predicted molar refractivity (Wildman–Crippen MR) is 70.7 cm³/mol. The first-order valence-electron chi connectivity index (χ1n) is 6.21. The molecule has 1 aromatic carbocycles. The Labute approximate surface area is 108 Å². The molecule has 1 unspecified atom stereocenters. The monoisotopic (exact) mass is 263 g/mol. The van der Waals surface area contributed by atoms with Crippen LogP contribution in [0.4, 0.5) is 0 Å². The lowest BCUT2D eigenvalue weighted by Crippen LogP contribution is -2.20. The summed E-state index contributed by atoms with van der Waals surface area (Å²) in [4.78, 5) is 0. The minimum absolute atomic E-state index is 0.0469. The van der Waals surface area contributed by atoms with Gasteiger partial charge in [-0.05, 0) is 31.2 Å². The Kier molecular flexibility index (Phi) is 3.72. The van der Waals surface area contributed by atoms with Crippen LogP contribution in [0.15, 0.2) is 30.3 Å². The van der Waals surface area contributed by atoms with Gasteiger partial charge in [0.15, 0.2) is 9.84 Å². The molecular formula is C14H17NO2S. The van der Waals surface area contributed by atoms with Crippen LogP contribution >= 0.6 is 0 Å². The molecule has 1 saturated heterocycles. The summed E-state index contributed by atoms with van der Waals surface area (Å²) in [5, 5.41) is 9.23. The zero-order chi connectivity index (χ0) is 13.1. The minimum Gasteiger partial charge on any atom is -0.229 e. The summed E-state index contributed by atoms with van der Waals surface area (Å²) in [6.07, 6.45) is 2.95. The van der Waals surface area contributed by atoms with Crippen molar-refractivity contribution in [2.45, 2.75) is 25.7 Å². The predicted octanol–water partition coefficient (Wildman–Crippen LogP) is 2.34. The van der Waals surface area contributed by atoms with Gasteiger partial charge in [0.2, 0.25) is 0 Å². The first-order chi connectivity index (χ1) is 8.55. The molecule has 1 aliphatic rings. The van der Waals surface area contributed by atoms with Crippen LogP contribution in [0.1, 0.15) is 24.8 Å². The molecule has 0 radical (unpaired) electrons. The number of rotatable bonds is 4. The summed E-state index contributed by atoms with van der Waals surface area (Å²) in [6.45, 7) is 0. The van der Waals surface area contributed by atoms with E-state index in [9.17, 15) is 13.7 Å². The third-order valence-corrected chi connectivity index (χ3v) is 5.41. The second-order valence-electron chi connectivity index (χ2n) is 5.07. The van der Waals surface area contributed by atoms with Gasteiger partial charge in [0.1, 0.15) is 0 Å². The standard InChI is InChI=1S/C14H17NO2S/c15-11-14(9-10-18(16,17)12-14)8-4-7-13-5-2-1-3-6-13/h1-3,5-6H,4,7-10,12H2. The second-order valence-corrected chi connectivity index (χ2v) is 7.26. The third-order valence-electron chi connectivity index (χ3n) is 3.59. The molecule has 0 aromatic heterocycles. The molecule has 96 valence electrons. The van der Waals surface area contributed by atoms with E-state index in [2.05, 4.69) is 18.2 Å². The second kappa shape index (κ2) is 5.11. The van der Waals surface area contributed by atoms with Crippen molar-refractivity contribution in [1.29, 1.82) is 5.26 Å². The van der Waals surface area contributed by atoms with Crippen molar-refractivity contribution in [2.24, 2.45) is 5.41 Å². The molecule has 0 aliphatic carbocycles. The maximum Gasteiger partial charge on any atom is 0.151 e. The largest absolute Gasteiger partial charge is 0.229 e. The van der Waals surface area contributed by atoms with Gasteiger partial charge in [0.05, 0.1) is 23.0 Å². The van der Waals surface area contributed by atoms with Crippen LogP contribution in [-0.2, 0) is 16.3 Å². The van der Waals surface area contributed by atoms with Gasteiger partial charge in [-0.2, -0.15) is 5.26 Å². The Morgan fingerprint density at radius 2 is 2.00 bits per heavy atom. The smallest absolute Gasteiger partial charge is 0.151 e. The van der Waals surface area contributed by atoms with Crippen LogP contribution in [-0.4, -0.2) is 19.9 Å². The van der Waals surface area contributed by atoms with Crippen molar-refractivity contribution in [3.63, 3.8) is 0 Å². The summed E-state index contributed by atoms with van der Waals surface area (Å²) in [5.41, 5.74) is 0.611. The maximum absolute atomic E-state index is 11.5. The highest BCUT2D eigenvalue weighted by Crippen LogP contribution is 2.36. The quantitative estimate of drug-likeness (QED) is 0.837. The van der Waals surface area contributed by atoms with E-state index in [0.717, 1.165) is 12.8 Å². The molecule has 0 bridgehead atoms. The molecular weight excluding hydrogens is 246 g/mol. The zero-order valence-electron chi connectivity index (χ0n) is 10.3. The molecule has 18 heavy (non-hydrogen) atoms. The first-order valence-corrected chi connectivity index (χ1v) is 8.03. The van der Waals surface area contributed by atoms with Crippen molar-refractivity contribution in [1.82, 2.24) is 0 Å². The first kappa shape index (κ1) is 13.1. The summed E-state index contributed by atoms with van der Waals surface area (Å²) < 4.78 is 23.0. The van der Waals surface area contributed by atoms with Crippen LogP contribution in [0.3, 0.4) is 0 Å². The number of hydrogen-bond acceptors (Lipinski definition) is 3. The van der Waals surface area contributed by atoms with Gasteiger partial charge in [-0.3, -0.25) is 0 Å². The van der Waals surface area contributed by atoms with Gasteiger partial charge >= 0.3 is 0 Å². The van der Waals surface area contributed by atoms with Gasteiger partial charge in [-0.1, -0.05) is 30.3 Å².